The summed E-state index contributed by atoms with van der Waals surface area (Å²) in [6.45, 7) is 20.1. The standard InChI is InChI=1S/C14H28.2C2H6/c1-6-12(2)10-14(5)9-7-8-13(3,4)11-14;2*1-2/h12H,6-11H2,1-5H3;2*1-2H3. The Morgan fingerprint density at radius 3 is 1.83 bits per heavy atom. The molecule has 0 aromatic rings. The SMILES string of the molecule is CC.CC.CCC(C)CC1(C)CCCC(C)(C)C1. The molecule has 0 saturated heterocycles. The second-order valence-corrected chi connectivity index (χ2v) is 6.72. The molecular formula is C18H40. The van der Waals surface area contributed by atoms with E-state index in [1.54, 1.807) is 0 Å². The number of hydrogen-bond acceptors (Lipinski definition) is 0. The van der Waals surface area contributed by atoms with Crippen molar-refractivity contribution in [3.05, 3.63) is 0 Å². The average molecular weight is 257 g/mol. The van der Waals surface area contributed by atoms with Crippen LogP contribution in [-0.2, 0) is 0 Å². The van der Waals surface area contributed by atoms with Gasteiger partial charge in [-0.3, -0.25) is 0 Å². The van der Waals surface area contributed by atoms with Gasteiger partial charge >= 0.3 is 0 Å². The van der Waals surface area contributed by atoms with Gasteiger partial charge in [-0.2, -0.15) is 0 Å². The number of hydrogen-bond donors (Lipinski definition) is 0. The van der Waals surface area contributed by atoms with E-state index in [4.69, 9.17) is 0 Å². The lowest BCUT2D eigenvalue weighted by Gasteiger charge is -2.44. The lowest BCUT2D eigenvalue weighted by atomic mass is 9.62. The fourth-order valence-electron chi connectivity index (χ4n) is 3.49. The van der Waals surface area contributed by atoms with Crippen LogP contribution in [0.5, 0.6) is 0 Å². The minimum atomic E-state index is 0.598. The quantitative estimate of drug-likeness (QED) is 0.506. The van der Waals surface area contributed by atoms with Crippen molar-refractivity contribution in [3.63, 3.8) is 0 Å². The maximum Gasteiger partial charge on any atom is -0.0318 e. The second kappa shape index (κ2) is 9.87. The summed E-state index contributed by atoms with van der Waals surface area (Å²) >= 11 is 0. The van der Waals surface area contributed by atoms with Gasteiger partial charge < -0.3 is 0 Å². The van der Waals surface area contributed by atoms with Crippen LogP contribution in [0.2, 0.25) is 0 Å². The molecule has 18 heavy (non-hydrogen) atoms. The van der Waals surface area contributed by atoms with Crippen molar-refractivity contribution in [2.75, 3.05) is 0 Å². The highest BCUT2D eigenvalue weighted by molar-refractivity contribution is 4.88. The maximum atomic E-state index is 2.51. The molecule has 2 unspecified atom stereocenters. The Balaban J connectivity index is 0. The molecule has 0 heterocycles. The molecule has 0 heteroatoms. The zero-order valence-electron chi connectivity index (χ0n) is 14.8. The van der Waals surface area contributed by atoms with Gasteiger partial charge in [-0.15, -0.1) is 0 Å². The summed E-state index contributed by atoms with van der Waals surface area (Å²) in [5.74, 6) is 0.911. The van der Waals surface area contributed by atoms with Crippen LogP contribution >= 0.6 is 0 Å². The average Bonchev–Trinajstić information content (AvgIpc) is 2.32. The Morgan fingerprint density at radius 2 is 1.44 bits per heavy atom. The van der Waals surface area contributed by atoms with Gasteiger partial charge in [0.2, 0.25) is 0 Å². The second-order valence-electron chi connectivity index (χ2n) is 6.72. The van der Waals surface area contributed by atoms with Gasteiger partial charge in [0, 0.05) is 0 Å². The van der Waals surface area contributed by atoms with Crippen molar-refractivity contribution >= 4 is 0 Å². The Hall–Kier alpha value is 0. The minimum Gasteiger partial charge on any atom is -0.0683 e. The fraction of sp³-hybridized carbons (Fsp3) is 1.00. The summed E-state index contributed by atoms with van der Waals surface area (Å²) in [6, 6.07) is 0. The normalized spacial score (nSPS) is 27.2. The molecule has 1 rings (SSSR count). The minimum absolute atomic E-state index is 0.598. The van der Waals surface area contributed by atoms with Crippen molar-refractivity contribution in [1.82, 2.24) is 0 Å². The van der Waals surface area contributed by atoms with Crippen LogP contribution in [-0.4, -0.2) is 0 Å². The first-order chi connectivity index (χ1) is 8.37. The fourth-order valence-corrected chi connectivity index (χ4v) is 3.49. The van der Waals surface area contributed by atoms with Crippen molar-refractivity contribution in [2.45, 2.75) is 101 Å². The first-order valence-electron chi connectivity index (χ1n) is 8.37. The van der Waals surface area contributed by atoms with E-state index in [-0.39, 0.29) is 0 Å². The Morgan fingerprint density at radius 1 is 0.944 bits per heavy atom. The summed E-state index contributed by atoms with van der Waals surface area (Å²) in [6.07, 6.45) is 8.55. The third-order valence-electron chi connectivity index (χ3n) is 4.08. The van der Waals surface area contributed by atoms with Crippen LogP contribution < -0.4 is 0 Å². The molecule has 0 bridgehead atoms. The molecule has 1 aliphatic rings. The van der Waals surface area contributed by atoms with Crippen LogP contribution in [0.1, 0.15) is 101 Å². The first kappa shape index (κ1) is 20.3. The summed E-state index contributed by atoms with van der Waals surface area (Å²) in [5, 5.41) is 0. The van der Waals surface area contributed by atoms with Gasteiger partial charge in [0.15, 0.2) is 0 Å². The van der Waals surface area contributed by atoms with Gasteiger partial charge in [0.25, 0.3) is 0 Å². The van der Waals surface area contributed by atoms with Crippen molar-refractivity contribution in [2.24, 2.45) is 16.7 Å². The topological polar surface area (TPSA) is 0 Å². The Kier molecular flexibility index (Phi) is 11.1. The van der Waals surface area contributed by atoms with Gasteiger partial charge in [-0.05, 0) is 42.4 Å². The van der Waals surface area contributed by atoms with Crippen molar-refractivity contribution in [1.29, 1.82) is 0 Å². The van der Waals surface area contributed by atoms with E-state index in [0.29, 0.717) is 10.8 Å². The van der Waals surface area contributed by atoms with Crippen LogP contribution in [0.3, 0.4) is 0 Å². The van der Waals surface area contributed by atoms with Crippen LogP contribution in [0.25, 0.3) is 0 Å². The molecule has 0 amide bonds. The summed E-state index contributed by atoms with van der Waals surface area (Å²) in [5.41, 5.74) is 1.23. The van der Waals surface area contributed by atoms with E-state index in [0.717, 1.165) is 5.92 Å². The summed E-state index contributed by atoms with van der Waals surface area (Å²) in [4.78, 5) is 0. The Bertz CT molecular complexity index is 180. The van der Waals surface area contributed by atoms with E-state index in [1.165, 1.54) is 38.5 Å². The van der Waals surface area contributed by atoms with Crippen molar-refractivity contribution in [3.8, 4) is 0 Å². The molecule has 0 aromatic heterocycles. The summed E-state index contributed by atoms with van der Waals surface area (Å²) < 4.78 is 0. The van der Waals surface area contributed by atoms with E-state index in [9.17, 15) is 0 Å². The lowest BCUT2D eigenvalue weighted by Crippen LogP contribution is -2.32. The third-order valence-corrected chi connectivity index (χ3v) is 4.08. The number of rotatable bonds is 3. The zero-order valence-corrected chi connectivity index (χ0v) is 14.8. The molecule has 0 nitrogen and oxygen atoms in total. The van der Waals surface area contributed by atoms with Gasteiger partial charge in [0.05, 0.1) is 0 Å². The van der Waals surface area contributed by atoms with Gasteiger partial charge in [-0.1, -0.05) is 75.2 Å². The van der Waals surface area contributed by atoms with Crippen LogP contribution in [0.4, 0.5) is 0 Å². The smallest absolute Gasteiger partial charge is 0.0318 e. The predicted molar refractivity (Wildman–Crippen MR) is 87.1 cm³/mol. The highest BCUT2D eigenvalue weighted by Crippen LogP contribution is 2.49. The predicted octanol–water partition coefficient (Wildman–Crippen LogP) is 7.08. The highest BCUT2D eigenvalue weighted by atomic mass is 14.4. The van der Waals surface area contributed by atoms with E-state index < -0.39 is 0 Å². The molecule has 1 saturated carbocycles. The molecule has 0 N–H and O–H groups in total. The molecule has 0 spiro atoms. The monoisotopic (exact) mass is 256 g/mol. The van der Waals surface area contributed by atoms with Crippen molar-refractivity contribution < 1.29 is 0 Å². The van der Waals surface area contributed by atoms with E-state index >= 15 is 0 Å². The highest BCUT2D eigenvalue weighted by Gasteiger charge is 2.36. The van der Waals surface area contributed by atoms with Gasteiger partial charge in [0.1, 0.15) is 0 Å². The molecule has 0 aromatic carbocycles. The largest absolute Gasteiger partial charge is 0.0683 e. The van der Waals surface area contributed by atoms with Gasteiger partial charge in [-0.25, -0.2) is 0 Å². The third kappa shape index (κ3) is 8.16. The van der Waals surface area contributed by atoms with Crippen LogP contribution in [0, 0.1) is 16.7 Å². The lowest BCUT2D eigenvalue weighted by molar-refractivity contribution is 0.0764. The zero-order chi connectivity index (χ0) is 14.8. The molecule has 2 atom stereocenters. The first-order valence-corrected chi connectivity index (χ1v) is 8.37. The molecule has 1 fully saturated rings. The Labute approximate surface area is 118 Å². The molecule has 0 aliphatic heterocycles. The summed E-state index contributed by atoms with van der Waals surface area (Å²) in [7, 11) is 0. The maximum absolute atomic E-state index is 2.51. The molecular weight excluding hydrogens is 216 g/mol. The van der Waals surface area contributed by atoms with E-state index in [1.807, 2.05) is 27.7 Å². The molecule has 1 aliphatic carbocycles. The molecule has 0 radical (unpaired) electrons. The molecule has 112 valence electrons. The van der Waals surface area contributed by atoms with E-state index in [2.05, 4.69) is 34.6 Å². The van der Waals surface area contributed by atoms with Crippen LogP contribution in [0.15, 0.2) is 0 Å².